The van der Waals surface area contributed by atoms with E-state index in [1.165, 1.54) is 12.1 Å². The van der Waals surface area contributed by atoms with Gasteiger partial charge in [0.05, 0.1) is 18.2 Å². The Labute approximate surface area is 298 Å². The number of nitrogens with zero attached hydrogens (tertiary/aromatic N) is 3. The van der Waals surface area contributed by atoms with Gasteiger partial charge < -0.3 is 35.9 Å². The fourth-order valence-corrected chi connectivity index (χ4v) is 6.96. The van der Waals surface area contributed by atoms with Gasteiger partial charge in [0.25, 0.3) is 0 Å². The van der Waals surface area contributed by atoms with Crippen LogP contribution < -0.4 is 15.5 Å². The summed E-state index contributed by atoms with van der Waals surface area (Å²) in [4.78, 5) is 48.9. The van der Waals surface area contributed by atoms with E-state index in [0.717, 1.165) is 16.7 Å². The fourth-order valence-electron chi connectivity index (χ4n) is 6.96. The molecule has 0 unspecified atom stereocenters. The number of aromatic nitrogens is 1. The molecule has 2 amide bonds. The van der Waals surface area contributed by atoms with Crippen molar-refractivity contribution in [3.63, 3.8) is 0 Å². The summed E-state index contributed by atoms with van der Waals surface area (Å²) in [6, 6.07) is 18.6. The number of benzene rings is 2. The number of hydrogen-bond acceptors (Lipinski definition) is 10. The Balaban J connectivity index is 1.22. The minimum absolute atomic E-state index is 0.0309. The molecule has 13 nitrogen and oxygen atoms in total. The highest BCUT2D eigenvalue weighted by atomic mass is 16.7. The Kier molecular flexibility index (Phi) is 12.4. The van der Waals surface area contributed by atoms with E-state index in [-0.39, 0.29) is 31.2 Å². The maximum absolute atomic E-state index is 13.9. The highest BCUT2D eigenvalue weighted by molar-refractivity contribution is 5.83. The molecule has 1 aliphatic carbocycles. The first-order valence-electron chi connectivity index (χ1n) is 17.6. The largest absolute Gasteiger partial charge is 0.492 e. The van der Waals surface area contributed by atoms with Crippen molar-refractivity contribution < 1.29 is 39.6 Å². The molecule has 5 rings (SSSR count). The van der Waals surface area contributed by atoms with Crippen LogP contribution >= 0.6 is 0 Å². The first-order valence-corrected chi connectivity index (χ1v) is 17.6. The molecule has 1 fully saturated rings. The third-order valence-electron chi connectivity index (χ3n) is 9.42. The van der Waals surface area contributed by atoms with Gasteiger partial charge in [-0.25, -0.2) is 4.79 Å². The van der Waals surface area contributed by atoms with Crippen LogP contribution in [0.5, 0.6) is 11.8 Å². The lowest BCUT2D eigenvalue weighted by molar-refractivity contribution is -0.145. The van der Waals surface area contributed by atoms with Crippen LogP contribution in [0.4, 0.5) is 0 Å². The Morgan fingerprint density at radius 2 is 1.65 bits per heavy atom. The number of aliphatic hydroxyl groups is 2. The van der Waals surface area contributed by atoms with Crippen LogP contribution in [0.3, 0.4) is 0 Å². The van der Waals surface area contributed by atoms with Gasteiger partial charge in [-0.15, -0.1) is 4.73 Å². The summed E-state index contributed by atoms with van der Waals surface area (Å²) < 4.78 is 0.657. The van der Waals surface area contributed by atoms with E-state index in [0.29, 0.717) is 50.2 Å². The first-order chi connectivity index (χ1) is 24.3. The molecule has 1 aromatic heterocycles. The topological polar surface area (TPSA) is 177 Å². The summed E-state index contributed by atoms with van der Waals surface area (Å²) >= 11 is 0. The standard InChI is InChI=1S/C38H51N5O8/c1-38(2,3)40-37(50)30-24-41(17-9-14-34(48)51-43-32(46)15-16-33(43)47)18-19-42(30)23-28(44)21-27(20-25-10-5-4-6-11-25)36(49)39-35-29-13-8-7-12-26(29)22-31(35)45/h4-8,10-13,15-16,27-28,30-31,35,44-47H,9,14,17-24H2,1-3H3,(H,39,49)(H,40,50)/t27-,28+,30+,31-,35+/m1/s1. The number of β-amino-alcohol motifs (C(OH)–C–C–N with tert-alkyl or cyclic N) is 1. The van der Waals surface area contributed by atoms with E-state index in [4.69, 9.17) is 4.84 Å². The van der Waals surface area contributed by atoms with Gasteiger partial charge in [-0.05, 0) is 63.3 Å². The van der Waals surface area contributed by atoms with Crippen molar-refractivity contribution in [3.8, 4) is 11.8 Å². The van der Waals surface area contributed by atoms with Crippen molar-refractivity contribution >= 4 is 17.8 Å². The molecule has 0 spiro atoms. The van der Waals surface area contributed by atoms with Crippen molar-refractivity contribution in [1.82, 2.24) is 25.2 Å². The minimum Gasteiger partial charge on any atom is -0.492 e. The van der Waals surface area contributed by atoms with Crippen LogP contribution in [0.1, 0.15) is 62.8 Å². The van der Waals surface area contributed by atoms with E-state index in [9.17, 15) is 34.8 Å². The van der Waals surface area contributed by atoms with Gasteiger partial charge in [0, 0.05) is 62.6 Å². The van der Waals surface area contributed by atoms with Crippen LogP contribution in [0.15, 0.2) is 66.7 Å². The maximum Gasteiger partial charge on any atom is 0.333 e. The molecule has 0 bridgehead atoms. The third-order valence-corrected chi connectivity index (χ3v) is 9.42. The number of aliphatic hydroxyl groups excluding tert-OH is 2. The number of hydrogen-bond donors (Lipinski definition) is 6. The number of carbonyl (C=O) groups excluding carboxylic acids is 3. The average Bonchev–Trinajstić information content (AvgIpc) is 3.57. The van der Waals surface area contributed by atoms with Gasteiger partial charge in [-0.3, -0.25) is 19.4 Å². The van der Waals surface area contributed by atoms with E-state index in [2.05, 4.69) is 15.5 Å². The number of aromatic hydroxyl groups is 2. The third kappa shape index (κ3) is 10.3. The molecular weight excluding hydrogens is 654 g/mol. The lowest BCUT2D eigenvalue weighted by Gasteiger charge is -2.42. The molecule has 1 aliphatic heterocycles. The number of nitrogens with one attached hydrogen (secondary N) is 2. The Hall–Kier alpha value is -4.43. The summed E-state index contributed by atoms with van der Waals surface area (Å²) in [5.74, 6) is -2.41. The van der Waals surface area contributed by atoms with Crippen molar-refractivity contribution in [2.45, 2.75) is 82.7 Å². The molecule has 51 heavy (non-hydrogen) atoms. The SMILES string of the molecule is CC(C)(C)NC(=O)[C@@H]1CN(CCCC(=O)On2c(O)ccc2O)CCN1C[C@@H](O)C[C@@H](Cc1ccccc1)C(=O)N[C@H]1c2ccccc2C[C@H]1O. The van der Waals surface area contributed by atoms with Crippen molar-refractivity contribution in [2.75, 3.05) is 32.7 Å². The number of rotatable bonds is 14. The summed E-state index contributed by atoms with van der Waals surface area (Å²) in [5.41, 5.74) is 2.38. The molecule has 2 heterocycles. The Morgan fingerprint density at radius 1 is 0.961 bits per heavy atom. The van der Waals surface area contributed by atoms with Crippen molar-refractivity contribution in [3.05, 3.63) is 83.4 Å². The van der Waals surface area contributed by atoms with Gasteiger partial charge >= 0.3 is 5.97 Å². The van der Waals surface area contributed by atoms with E-state index < -0.39 is 53.5 Å². The quantitative estimate of drug-likeness (QED) is 0.145. The van der Waals surface area contributed by atoms with Gasteiger partial charge in [0.2, 0.25) is 23.6 Å². The second kappa shape index (κ2) is 16.7. The van der Waals surface area contributed by atoms with Crippen molar-refractivity contribution in [1.29, 1.82) is 0 Å². The normalized spacial score (nSPS) is 20.7. The van der Waals surface area contributed by atoms with Crippen LogP contribution in [0.25, 0.3) is 0 Å². The lowest BCUT2D eigenvalue weighted by atomic mass is 9.91. The highest BCUT2D eigenvalue weighted by Gasteiger charge is 2.37. The molecule has 5 atom stereocenters. The number of amides is 2. The van der Waals surface area contributed by atoms with Crippen LogP contribution in [0.2, 0.25) is 0 Å². The smallest absolute Gasteiger partial charge is 0.333 e. The van der Waals surface area contributed by atoms with Crippen LogP contribution in [-0.4, -0.2) is 109 Å². The molecule has 2 aliphatic rings. The molecule has 6 N–H and O–H groups in total. The van der Waals surface area contributed by atoms with Gasteiger partial charge in [0.15, 0.2) is 0 Å². The zero-order valence-electron chi connectivity index (χ0n) is 29.6. The Morgan fingerprint density at radius 3 is 2.35 bits per heavy atom. The predicted molar refractivity (Wildman–Crippen MR) is 190 cm³/mol. The molecule has 0 saturated carbocycles. The molecule has 3 aromatic rings. The summed E-state index contributed by atoms with van der Waals surface area (Å²) in [7, 11) is 0. The molecular formula is C38H51N5O8. The second-order valence-corrected chi connectivity index (χ2v) is 14.7. The van der Waals surface area contributed by atoms with Gasteiger partial charge in [-0.1, -0.05) is 54.6 Å². The zero-order chi connectivity index (χ0) is 36.7. The van der Waals surface area contributed by atoms with E-state index in [1.54, 1.807) is 0 Å². The molecule has 0 radical (unpaired) electrons. The van der Waals surface area contributed by atoms with Crippen LogP contribution in [0, 0.1) is 5.92 Å². The summed E-state index contributed by atoms with van der Waals surface area (Å²) in [5, 5.41) is 47.9. The molecule has 2 aromatic carbocycles. The summed E-state index contributed by atoms with van der Waals surface area (Å²) in [6.07, 6.45) is -0.172. The van der Waals surface area contributed by atoms with Crippen molar-refractivity contribution in [2.24, 2.45) is 5.92 Å². The number of carbonyl (C=O) groups is 3. The van der Waals surface area contributed by atoms with Gasteiger partial charge in [-0.2, -0.15) is 0 Å². The Bertz CT molecular complexity index is 1620. The first kappa shape index (κ1) is 37.8. The van der Waals surface area contributed by atoms with E-state index in [1.807, 2.05) is 80.3 Å². The van der Waals surface area contributed by atoms with Crippen LogP contribution in [-0.2, 0) is 27.2 Å². The molecule has 276 valence electrons. The average molecular weight is 706 g/mol. The zero-order valence-corrected chi connectivity index (χ0v) is 29.6. The number of fused-ring (bicyclic) bond motifs is 1. The van der Waals surface area contributed by atoms with E-state index >= 15 is 0 Å². The number of piperazine rings is 1. The monoisotopic (exact) mass is 705 g/mol. The lowest BCUT2D eigenvalue weighted by Crippen LogP contribution is -2.62. The second-order valence-electron chi connectivity index (χ2n) is 14.7. The highest BCUT2D eigenvalue weighted by Crippen LogP contribution is 2.32. The predicted octanol–water partition coefficient (Wildman–Crippen LogP) is 1.92. The minimum atomic E-state index is -0.918. The molecule has 1 saturated heterocycles. The molecule has 13 heteroatoms. The maximum atomic E-state index is 13.9. The van der Waals surface area contributed by atoms with Gasteiger partial charge in [0.1, 0.15) is 6.04 Å². The fraction of sp³-hybridized carbons (Fsp3) is 0.500. The summed E-state index contributed by atoms with van der Waals surface area (Å²) in [6.45, 7) is 7.84.